The van der Waals surface area contributed by atoms with Gasteiger partial charge < -0.3 is 4.74 Å². The van der Waals surface area contributed by atoms with Crippen LogP contribution in [0.3, 0.4) is 0 Å². The van der Waals surface area contributed by atoms with E-state index < -0.39 is 0 Å². The molecule has 100 valence electrons. The highest BCUT2D eigenvalue weighted by molar-refractivity contribution is 14.1. The van der Waals surface area contributed by atoms with Crippen LogP contribution >= 0.6 is 22.6 Å². The van der Waals surface area contributed by atoms with E-state index >= 15 is 0 Å². The third kappa shape index (κ3) is 5.38. The van der Waals surface area contributed by atoms with Crippen molar-refractivity contribution in [1.82, 2.24) is 0 Å². The van der Waals surface area contributed by atoms with E-state index in [1.807, 2.05) is 18.2 Å². The minimum absolute atomic E-state index is 0.377. The van der Waals surface area contributed by atoms with Gasteiger partial charge in [0.25, 0.3) is 0 Å². The van der Waals surface area contributed by atoms with Crippen LogP contribution in [0.5, 0.6) is 5.75 Å². The van der Waals surface area contributed by atoms with E-state index in [4.69, 9.17) is 4.74 Å². The van der Waals surface area contributed by atoms with Crippen molar-refractivity contribution in [2.45, 2.75) is 45.4 Å². The number of benzene rings is 1. The molecule has 1 aromatic carbocycles. The van der Waals surface area contributed by atoms with Crippen LogP contribution in [0, 0.1) is 3.57 Å². The average molecular weight is 360 g/mol. The van der Waals surface area contributed by atoms with Gasteiger partial charge in [-0.25, -0.2) is 0 Å². The fourth-order valence-corrected chi connectivity index (χ4v) is 2.45. The summed E-state index contributed by atoms with van der Waals surface area (Å²) in [6.45, 7) is 2.16. The van der Waals surface area contributed by atoms with Crippen LogP contribution in [0.1, 0.15) is 44.6 Å². The number of hydrogen-bond donors (Lipinski definition) is 0. The maximum absolute atomic E-state index is 11.7. The summed E-state index contributed by atoms with van der Waals surface area (Å²) in [4.78, 5) is 11.7. The quantitative estimate of drug-likeness (QED) is 0.508. The number of ether oxygens (including phenoxy) is 1. The number of aryl methyl sites for hydroxylation is 1. The third-order valence-electron chi connectivity index (χ3n) is 2.99. The minimum atomic E-state index is 0.377. The van der Waals surface area contributed by atoms with E-state index in [0.29, 0.717) is 12.2 Å². The highest BCUT2D eigenvalue weighted by Gasteiger charge is 2.06. The molecule has 0 heterocycles. The number of rotatable bonds is 8. The van der Waals surface area contributed by atoms with Crippen molar-refractivity contribution in [2.75, 3.05) is 7.11 Å². The molecule has 0 aliphatic rings. The summed E-state index contributed by atoms with van der Waals surface area (Å²) in [5, 5.41) is 0. The lowest BCUT2D eigenvalue weighted by atomic mass is 10.0. The molecule has 0 unspecified atom stereocenters. The molecule has 0 atom stereocenters. The largest absolute Gasteiger partial charge is 0.497 e. The van der Waals surface area contributed by atoms with Crippen LogP contribution in [-0.4, -0.2) is 12.9 Å². The smallest absolute Gasteiger partial charge is 0.133 e. The van der Waals surface area contributed by atoms with Gasteiger partial charge in [-0.2, -0.15) is 0 Å². The van der Waals surface area contributed by atoms with E-state index in [0.717, 1.165) is 31.4 Å². The van der Waals surface area contributed by atoms with Gasteiger partial charge in [0.2, 0.25) is 0 Å². The number of carbonyl (C=O) groups excluding carboxylic acids is 1. The second kappa shape index (κ2) is 8.51. The molecule has 0 saturated carbocycles. The second-order valence-corrected chi connectivity index (χ2v) is 5.62. The van der Waals surface area contributed by atoms with Crippen molar-refractivity contribution in [3.8, 4) is 5.75 Å². The molecule has 0 spiro atoms. The Morgan fingerprint density at radius 1 is 1.28 bits per heavy atom. The number of carbonyl (C=O) groups is 1. The van der Waals surface area contributed by atoms with Gasteiger partial charge in [-0.15, -0.1) is 0 Å². The number of ketones is 1. The summed E-state index contributed by atoms with van der Waals surface area (Å²) in [6.07, 6.45) is 5.55. The van der Waals surface area contributed by atoms with Crippen LogP contribution in [0.25, 0.3) is 0 Å². The summed E-state index contributed by atoms with van der Waals surface area (Å²) in [5.41, 5.74) is 1.21. The lowest BCUT2D eigenvalue weighted by molar-refractivity contribution is -0.119. The van der Waals surface area contributed by atoms with Crippen LogP contribution in [0.15, 0.2) is 18.2 Å². The topological polar surface area (TPSA) is 26.3 Å². The number of hydrogen-bond acceptors (Lipinski definition) is 2. The lowest BCUT2D eigenvalue weighted by Crippen LogP contribution is -2.01. The van der Waals surface area contributed by atoms with Gasteiger partial charge in [-0.05, 0) is 59.2 Å². The first-order valence-corrected chi connectivity index (χ1v) is 7.59. The van der Waals surface area contributed by atoms with Gasteiger partial charge in [0.05, 0.1) is 7.11 Å². The van der Waals surface area contributed by atoms with Crippen molar-refractivity contribution in [3.63, 3.8) is 0 Å². The Bertz CT molecular complexity index is 388. The standard InChI is InChI=1S/C15H21IO2/c1-3-4-5-6-13(17)8-7-12-11-14(18-2)9-10-15(12)16/h9-11H,3-8H2,1-2H3. The Hall–Kier alpha value is -0.580. The maximum Gasteiger partial charge on any atom is 0.133 e. The number of Topliss-reactive ketones (excluding diaryl/α,β-unsaturated/α-hetero) is 1. The van der Waals surface area contributed by atoms with E-state index in [9.17, 15) is 4.79 Å². The molecule has 2 nitrogen and oxygen atoms in total. The Kier molecular flexibility index (Phi) is 7.32. The van der Waals surface area contributed by atoms with Crippen molar-refractivity contribution in [1.29, 1.82) is 0 Å². The Morgan fingerprint density at radius 3 is 2.72 bits per heavy atom. The van der Waals surface area contributed by atoms with Gasteiger partial charge >= 0.3 is 0 Å². The lowest BCUT2D eigenvalue weighted by Gasteiger charge is -2.07. The van der Waals surface area contributed by atoms with Gasteiger partial charge in [0.15, 0.2) is 0 Å². The summed E-state index contributed by atoms with van der Waals surface area (Å²) < 4.78 is 6.41. The third-order valence-corrected chi connectivity index (χ3v) is 4.04. The number of unbranched alkanes of at least 4 members (excludes halogenated alkanes) is 2. The zero-order chi connectivity index (χ0) is 13.4. The second-order valence-electron chi connectivity index (χ2n) is 4.45. The zero-order valence-electron chi connectivity index (χ0n) is 11.2. The first kappa shape index (κ1) is 15.5. The Labute approximate surface area is 123 Å². The molecular formula is C15H21IO2. The first-order chi connectivity index (χ1) is 8.67. The summed E-state index contributed by atoms with van der Waals surface area (Å²) in [5.74, 6) is 1.24. The van der Waals surface area contributed by atoms with Crippen LogP contribution < -0.4 is 4.74 Å². The highest BCUT2D eigenvalue weighted by Crippen LogP contribution is 2.21. The average Bonchev–Trinajstić information content (AvgIpc) is 2.38. The molecule has 0 bridgehead atoms. The molecule has 3 heteroatoms. The van der Waals surface area contributed by atoms with Crippen molar-refractivity contribution in [3.05, 3.63) is 27.3 Å². The highest BCUT2D eigenvalue weighted by atomic mass is 127. The van der Waals surface area contributed by atoms with E-state index in [-0.39, 0.29) is 0 Å². The molecule has 1 aromatic rings. The van der Waals surface area contributed by atoms with Gasteiger partial charge in [-0.3, -0.25) is 4.79 Å². The van der Waals surface area contributed by atoms with Gasteiger partial charge in [0, 0.05) is 16.4 Å². The summed E-state index contributed by atoms with van der Waals surface area (Å²) in [6, 6.07) is 6.02. The normalized spacial score (nSPS) is 10.4. The summed E-state index contributed by atoms with van der Waals surface area (Å²) >= 11 is 2.31. The first-order valence-electron chi connectivity index (χ1n) is 6.51. The van der Waals surface area contributed by atoms with Crippen LogP contribution in [0.2, 0.25) is 0 Å². The molecule has 0 saturated heterocycles. The van der Waals surface area contributed by atoms with Crippen LogP contribution in [0.4, 0.5) is 0 Å². The van der Waals surface area contributed by atoms with Gasteiger partial charge in [0.1, 0.15) is 11.5 Å². The number of methoxy groups -OCH3 is 1. The monoisotopic (exact) mass is 360 g/mol. The molecule has 0 radical (unpaired) electrons. The van der Waals surface area contributed by atoms with E-state index in [1.54, 1.807) is 7.11 Å². The molecule has 0 fully saturated rings. The SMILES string of the molecule is CCCCCC(=O)CCc1cc(OC)ccc1I. The maximum atomic E-state index is 11.7. The molecule has 0 N–H and O–H groups in total. The molecule has 0 aliphatic carbocycles. The fraction of sp³-hybridized carbons (Fsp3) is 0.533. The van der Waals surface area contributed by atoms with E-state index in [1.165, 1.54) is 15.6 Å². The summed E-state index contributed by atoms with van der Waals surface area (Å²) in [7, 11) is 1.67. The molecule has 0 aliphatic heterocycles. The fourth-order valence-electron chi connectivity index (χ4n) is 1.84. The molecule has 18 heavy (non-hydrogen) atoms. The van der Waals surface area contributed by atoms with Crippen molar-refractivity contribution >= 4 is 28.4 Å². The molecule has 1 rings (SSSR count). The molecular weight excluding hydrogens is 339 g/mol. The Morgan fingerprint density at radius 2 is 2.06 bits per heavy atom. The Balaban J connectivity index is 2.45. The number of halogens is 1. The van der Waals surface area contributed by atoms with Crippen molar-refractivity contribution in [2.24, 2.45) is 0 Å². The minimum Gasteiger partial charge on any atom is -0.497 e. The van der Waals surface area contributed by atoms with Crippen LogP contribution in [-0.2, 0) is 11.2 Å². The predicted octanol–water partition coefficient (Wildman–Crippen LogP) is 4.38. The van der Waals surface area contributed by atoms with Crippen molar-refractivity contribution < 1.29 is 9.53 Å². The molecule has 0 aromatic heterocycles. The molecule has 0 amide bonds. The predicted molar refractivity (Wildman–Crippen MR) is 83.2 cm³/mol. The van der Waals surface area contributed by atoms with Gasteiger partial charge in [-0.1, -0.05) is 19.8 Å². The van der Waals surface area contributed by atoms with E-state index in [2.05, 4.69) is 29.5 Å². The zero-order valence-corrected chi connectivity index (χ0v) is 13.3.